The quantitative estimate of drug-likeness (QED) is 0.207. The Balaban J connectivity index is 1.79. The van der Waals surface area contributed by atoms with Gasteiger partial charge in [0.1, 0.15) is 0 Å². The Bertz CT molecular complexity index is 1280. The minimum Gasteiger partial charge on any atom is -0.417 e. The van der Waals surface area contributed by atoms with Gasteiger partial charge in [0.2, 0.25) is 0 Å². The maximum Gasteiger partial charge on any atom is 0.320 e. The van der Waals surface area contributed by atoms with Crippen molar-refractivity contribution < 1.29 is 38.1 Å². The van der Waals surface area contributed by atoms with Crippen LogP contribution in [0.15, 0.2) is 0 Å². The first kappa shape index (κ1) is 44.4. The fourth-order valence-electron chi connectivity index (χ4n) is 10.1. The molecule has 0 bridgehead atoms. The maximum absolute atomic E-state index is 14.4. The monoisotopic (exact) mass is 763 g/mol. The highest BCUT2D eigenvalue weighted by molar-refractivity contribution is 5.79. The number of hydrogen-bond acceptors (Lipinski definition) is 12. The van der Waals surface area contributed by atoms with Crippen LogP contribution in [0.2, 0.25) is 0 Å². The summed E-state index contributed by atoms with van der Waals surface area (Å²) in [6.45, 7) is 32.3. The van der Waals surface area contributed by atoms with E-state index in [-0.39, 0.29) is 22.2 Å². The number of carbonyl (C=O) groups is 4. The van der Waals surface area contributed by atoms with Crippen molar-refractivity contribution in [1.82, 2.24) is 19.6 Å². The summed E-state index contributed by atoms with van der Waals surface area (Å²) in [6.07, 6.45) is -1.79. The van der Waals surface area contributed by atoms with E-state index in [1.54, 1.807) is 0 Å². The van der Waals surface area contributed by atoms with Crippen molar-refractivity contribution in [1.29, 1.82) is 0 Å². The number of ether oxygens (including phenoxy) is 4. The number of likely N-dealkylation sites (tertiary alicyclic amines) is 4. The van der Waals surface area contributed by atoms with Crippen LogP contribution in [0.4, 0.5) is 0 Å². The molecular formula is C42H74N4O8. The van der Waals surface area contributed by atoms with Crippen LogP contribution in [0.3, 0.4) is 0 Å². The van der Waals surface area contributed by atoms with Gasteiger partial charge < -0.3 is 18.9 Å². The number of hydrogen-bond donors (Lipinski definition) is 0. The minimum atomic E-state index is -1.85. The van der Waals surface area contributed by atoms with Crippen LogP contribution in [0.1, 0.15) is 136 Å². The number of nitrogens with zero attached hydrogens (tertiary/aromatic N) is 4. The number of esters is 4. The number of rotatable bonds is 9. The molecule has 4 atom stereocenters. The van der Waals surface area contributed by atoms with Crippen LogP contribution in [-0.4, -0.2) is 129 Å². The Morgan fingerprint density at radius 2 is 0.519 bits per heavy atom. The smallest absolute Gasteiger partial charge is 0.320 e. The molecule has 0 saturated carbocycles. The summed E-state index contributed by atoms with van der Waals surface area (Å²) in [5, 5.41) is 0. The Morgan fingerprint density at radius 3 is 0.630 bits per heavy atom. The van der Waals surface area contributed by atoms with Crippen molar-refractivity contribution in [2.45, 2.75) is 193 Å². The molecule has 4 fully saturated rings. The Kier molecular flexibility index (Phi) is 11.3. The Labute approximate surface area is 326 Å². The van der Waals surface area contributed by atoms with Crippen molar-refractivity contribution in [3.05, 3.63) is 0 Å². The van der Waals surface area contributed by atoms with Gasteiger partial charge >= 0.3 is 36.5 Å². The molecule has 4 aliphatic rings. The highest BCUT2D eigenvalue weighted by Crippen LogP contribution is 2.48. The molecule has 0 aromatic rings. The zero-order valence-corrected chi connectivity index (χ0v) is 37.3. The van der Waals surface area contributed by atoms with Crippen LogP contribution >= 0.6 is 0 Å². The van der Waals surface area contributed by atoms with E-state index in [9.17, 15) is 19.2 Å². The maximum atomic E-state index is 14.4. The van der Waals surface area contributed by atoms with Crippen molar-refractivity contribution in [2.75, 3.05) is 28.2 Å². The molecule has 4 aliphatic heterocycles. The van der Waals surface area contributed by atoms with E-state index in [2.05, 4.69) is 75.0 Å². The molecule has 0 aliphatic carbocycles. The van der Waals surface area contributed by atoms with Crippen molar-refractivity contribution in [2.24, 2.45) is 23.7 Å². The second-order valence-electron chi connectivity index (χ2n) is 21.6. The minimum absolute atomic E-state index is 0.332. The summed E-state index contributed by atoms with van der Waals surface area (Å²) in [6, 6.07) is 0. The zero-order valence-electron chi connectivity index (χ0n) is 37.3. The van der Waals surface area contributed by atoms with E-state index < -0.39 is 82.3 Å². The lowest BCUT2D eigenvalue weighted by Crippen LogP contribution is -2.52. The Morgan fingerprint density at radius 1 is 0.370 bits per heavy atom. The first-order valence-corrected chi connectivity index (χ1v) is 19.8. The largest absolute Gasteiger partial charge is 0.417 e. The van der Waals surface area contributed by atoms with E-state index in [0.29, 0.717) is 25.7 Å². The predicted octanol–water partition coefficient (Wildman–Crippen LogP) is 5.85. The summed E-state index contributed by atoms with van der Waals surface area (Å²) in [4.78, 5) is 66.2. The third-order valence-corrected chi connectivity index (χ3v) is 15.6. The van der Waals surface area contributed by atoms with Gasteiger partial charge in [-0.3, -0.25) is 38.8 Å². The molecule has 0 amide bonds. The molecule has 12 heteroatoms. The van der Waals surface area contributed by atoms with E-state index in [1.807, 2.05) is 83.6 Å². The molecule has 0 aromatic carbocycles. The highest BCUT2D eigenvalue weighted by atomic mass is 16.8. The number of carbonyl (C=O) groups excluding carboxylic acids is 4. The summed E-state index contributed by atoms with van der Waals surface area (Å²) >= 11 is 0. The molecule has 310 valence electrons. The van der Waals surface area contributed by atoms with Crippen molar-refractivity contribution >= 4 is 23.9 Å². The van der Waals surface area contributed by atoms with Gasteiger partial charge in [-0.05, 0) is 165 Å². The molecule has 4 rings (SSSR count). The fourth-order valence-corrected chi connectivity index (χ4v) is 10.1. The third-order valence-electron chi connectivity index (χ3n) is 15.6. The fraction of sp³-hybridized carbons (Fsp3) is 0.905. The first-order valence-electron chi connectivity index (χ1n) is 19.8. The summed E-state index contributed by atoms with van der Waals surface area (Å²) in [5.41, 5.74) is -3.80. The van der Waals surface area contributed by atoms with Crippen molar-refractivity contribution in [3.8, 4) is 0 Å². The van der Waals surface area contributed by atoms with Crippen LogP contribution in [0.5, 0.6) is 0 Å². The van der Waals surface area contributed by atoms with Gasteiger partial charge in [0.25, 0.3) is 0 Å². The normalized spacial score (nSPS) is 33.2. The lowest BCUT2D eigenvalue weighted by atomic mass is 9.86. The van der Waals surface area contributed by atoms with E-state index in [0.717, 1.165) is 0 Å². The van der Waals surface area contributed by atoms with Gasteiger partial charge in [0.15, 0.2) is 0 Å². The molecule has 4 unspecified atom stereocenters. The van der Waals surface area contributed by atoms with Gasteiger partial charge in [-0.25, -0.2) is 0 Å². The zero-order chi connectivity index (χ0) is 41.7. The topological polar surface area (TPSA) is 118 Å². The third kappa shape index (κ3) is 7.47. The first-order chi connectivity index (χ1) is 24.1. The standard InChI is InChI=1S/C42H74N4O8/c1-35(2)21-25(39(9,10)43(35)17)29(47)51-33(52-30(48)26-22-36(3,4)44(18)40(26,11)12)34(53-31(49)27-23-37(5,6)45(19)41(27,13)14)54-32(50)28-24-38(7,8)46(20)42(28,15)16/h25-28,33-34H,21-24H2,1-20H3. The SMILES string of the molecule is CN1C(C)(C)CC(C(=O)OC(OC(=O)C2CC(C)(C)N(C)C2(C)C)C(OC(=O)C2CC(C)(C)N(C)C2(C)C)OC(=O)C2CC(C)(C)N(C)C2(C)C)C1(C)C. The molecule has 54 heavy (non-hydrogen) atoms. The summed E-state index contributed by atoms with van der Waals surface area (Å²) in [7, 11) is 7.89. The summed E-state index contributed by atoms with van der Waals surface area (Å²) in [5.74, 6) is -4.98. The molecular weight excluding hydrogens is 688 g/mol. The molecule has 0 radical (unpaired) electrons. The Hall–Kier alpha value is -2.28. The van der Waals surface area contributed by atoms with E-state index >= 15 is 0 Å². The van der Waals surface area contributed by atoms with E-state index in [1.165, 1.54) is 0 Å². The van der Waals surface area contributed by atoms with Gasteiger partial charge in [-0.1, -0.05) is 0 Å². The molecule has 4 heterocycles. The molecule has 4 saturated heterocycles. The van der Waals surface area contributed by atoms with Gasteiger partial charge in [-0.15, -0.1) is 0 Å². The van der Waals surface area contributed by atoms with Crippen molar-refractivity contribution in [3.63, 3.8) is 0 Å². The second kappa shape index (κ2) is 13.7. The van der Waals surface area contributed by atoms with Crippen LogP contribution in [0, 0.1) is 23.7 Å². The van der Waals surface area contributed by atoms with Gasteiger partial charge in [0.05, 0.1) is 23.7 Å². The van der Waals surface area contributed by atoms with Gasteiger partial charge in [-0.2, -0.15) is 0 Å². The lowest BCUT2D eigenvalue weighted by molar-refractivity contribution is -0.267. The summed E-state index contributed by atoms with van der Waals surface area (Å²) < 4.78 is 24.8. The lowest BCUT2D eigenvalue weighted by Gasteiger charge is -2.39. The van der Waals surface area contributed by atoms with Crippen LogP contribution < -0.4 is 0 Å². The molecule has 0 aromatic heterocycles. The average molecular weight is 763 g/mol. The van der Waals surface area contributed by atoms with Gasteiger partial charge in [0, 0.05) is 44.3 Å². The predicted molar refractivity (Wildman–Crippen MR) is 208 cm³/mol. The molecule has 0 spiro atoms. The van der Waals surface area contributed by atoms with Crippen LogP contribution in [-0.2, 0) is 38.1 Å². The van der Waals surface area contributed by atoms with Crippen LogP contribution in [0.25, 0.3) is 0 Å². The van der Waals surface area contributed by atoms with E-state index in [4.69, 9.17) is 18.9 Å². The average Bonchev–Trinajstić information content (AvgIpc) is 3.47. The highest BCUT2D eigenvalue weighted by Gasteiger charge is 2.59. The molecule has 0 N–H and O–H groups in total. The molecule has 12 nitrogen and oxygen atoms in total. The second-order valence-corrected chi connectivity index (χ2v) is 21.6.